The van der Waals surface area contributed by atoms with Gasteiger partial charge in [-0.3, -0.25) is 4.90 Å². The van der Waals surface area contributed by atoms with E-state index in [1.54, 1.807) is 0 Å². The van der Waals surface area contributed by atoms with Crippen LogP contribution in [-0.4, -0.2) is 49.6 Å². The van der Waals surface area contributed by atoms with E-state index < -0.39 is 0 Å². The Kier molecular flexibility index (Phi) is 6.02. The van der Waals surface area contributed by atoms with E-state index in [1.807, 2.05) is 0 Å². The molecule has 2 unspecified atom stereocenters. The zero-order valence-electron chi connectivity index (χ0n) is 13.0. The Morgan fingerprint density at radius 3 is 2.70 bits per heavy atom. The van der Waals surface area contributed by atoms with Crippen LogP contribution < -0.4 is 5.73 Å². The largest absolute Gasteiger partial charge is 0.330 e. The molecular weight excluding hydrogens is 246 g/mol. The van der Waals surface area contributed by atoms with Crippen LogP contribution in [0.1, 0.15) is 31.4 Å². The van der Waals surface area contributed by atoms with Gasteiger partial charge in [-0.2, -0.15) is 0 Å². The van der Waals surface area contributed by atoms with Gasteiger partial charge in [0.25, 0.3) is 0 Å². The van der Waals surface area contributed by atoms with Crippen LogP contribution in [0.4, 0.5) is 0 Å². The van der Waals surface area contributed by atoms with E-state index in [1.165, 1.54) is 38.0 Å². The summed E-state index contributed by atoms with van der Waals surface area (Å²) in [4.78, 5) is 5.09. The maximum absolute atomic E-state index is 5.71. The zero-order chi connectivity index (χ0) is 14.4. The highest BCUT2D eigenvalue weighted by atomic mass is 15.3. The SMILES string of the molecule is CC(CN)CCCN1CCN(C)CC1c1ccccc1. The monoisotopic (exact) mass is 275 g/mol. The lowest BCUT2D eigenvalue weighted by atomic mass is 10.0. The topological polar surface area (TPSA) is 32.5 Å². The van der Waals surface area contributed by atoms with Gasteiger partial charge in [0.15, 0.2) is 0 Å². The van der Waals surface area contributed by atoms with E-state index in [2.05, 4.69) is 54.1 Å². The third kappa shape index (κ3) is 4.30. The Balaban J connectivity index is 1.94. The van der Waals surface area contributed by atoms with Crippen molar-refractivity contribution in [2.45, 2.75) is 25.8 Å². The van der Waals surface area contributed by atoms with Crippen LogP contribution in [-0.2, 0) is 0 Å². The Hall–Kier alpha value is -0.900. The van der Waals surface area contributed by atoms with Gasteiger partial charge in [-0.15, -0.1) is 0 Å². The van der Waals surface area contributed by atoms with Gasteiger partial charge in [-0.25, -0.2) is 0 Å². The van der Waals surface area contributed by atoms with Crippen LogP contribution >= 0.6 is 0 Å². The van der Waals surface area contributed by atoms with Crippen LogP contribution in [0.15, 0.2) is 30.3 Å². The molecule has 1 aliphatic rings. The van der Waals surface area contributed by atoms with E-state index in [0.717, 1.165) is 13.1 Å². The molecule has 1 aromatic rings. The summed E-state index contributed by atoms with van der Waals surface area (Å²) in [5.74, 6) is 0.651. The number of hydrogen-bond acceptors (Lipinski definition) is 3. The second kappa shape index (κ2) is 7.77. The Labute approximate surface area is 123 Å². The van der Waals surface area contributed by atoms with Crippen LogP contribution in [0.25, 0.3) is 0 Å². The van der Waals surface area contributed by atoms with Crippen molar-refractivity contribution in [1.82, 2.24) is 9.80 Å². The van der Waals surface area contributed by atoms with Gasteiger partial charge in [0.2, 0.25) is 0 Å². The highest BCUT2D eigenvalue weighted by molar-refractivity contribution is 5.20. The maximum atomic E-state index is 5.71. The molecule has 3 nitrogen and oxygen atoms in total. The molecule has 0 bridgehead atoms. The highest BCUT2D eigenvalue weighted by Gasteiger charge is 2.25. The molecule has 0 amide bonds. The van der Waals surface area contributed by atoms with Crippen LogP contribution in [0.5, 0.6) is 0 Å². The van der Waals surface area contributed by atoms with Gasteiger partial charge in [-0.1, -0.05) is 37.3 Å². The van der Waals surface area contributed by atoms with Crippen molar-refractivity contribution < 1.29 is 0 Å². The Morgan fingerprint density at radius 1 is 1.25 bits per heavy atom. The number of nitrogens with zero attached hydrogens (tertiary/aromatic N) is 2. The number of rotatable bonds is 6. The van der Waals surface area contributed by atoms with E-state index >= 15 is 0 Å². The number of piperazine rings is 1. The molecule has 1 fully saturated rings. The predicted octanol–water partition coefficient (Wildman–Crippen LogP) is 2.35. The first-order valence-corrected chi connectivity index (χ1v) is 7.88. The molecule has 0 spiro atoms. The minimum absolute atomic E-state index is 0.545. The van der Waals surface area contributed by atoms with Crippen LogP contribution in [0.3, 0.4) is 0 Å². The van der Waals surface area contributed by atoms with E-state index in [-0.39, 0.29) is 0 Å². The van der Waals surface area contributed by atoms with Crippen molar-refractivity contribution in [3.63, 3.8) is 0 Å². The third-order valence-electron chi connectivity index (χ3n) is 4.42. The molecule has 2 rings (SSSR count). The highest BCUT2D eigenvalue weighted by Crippen LogP contribution is 2.25. The summed E-state index contributed by atoms with van der Waals surface area (Å²) in [7, 11) is 2.23. The third-order valence-corrected chi connectivity index (χ3v) is 4.42. The van der Waals surface area contributed by atoms with Crippen molar-refractivity contribution in [3.8, 4) is 0 Å². The summed E-state index contributed by atoms with van der Waals surface area (Å²) in [5.41, 5.74) is 7.16. The average molecular weight is 275 g/mol. The molecule has 0 radical (unpaired) electrons. The summed E-state index contributed by atoms with van der Waals surface area (Å²) < 4.78 is 0. The molecule has 1 aromatic carbocycles. The molecular formula is C17H29N3. The second-order valence-corrected chi connectivity index (χ2v) is 6.21. The van der Waals surface area contributed by atoms with Gasteiger partial charge >= 0.3 is 0 Å². The first-order chi connectivity index (χ1) is 9.70. The normalized spacial score (nSPS) is 22.9. The van der Waals surface area contributed by atoms with E-state index in [0.29, 0.717) is 12.0 Å². The number of hydrogen-bond donors (Lipinski definition) is 1. The first-order valence-electron chi connectivity index (χ1n) is 7.88. The first kappa shape index (κ1) is 15.5. The van der Waals surface area contributed by atoms with E-state index in [9.17, 15) is 0 Å². The molecule has 2 atom stereocenters. The van der Waals surface area contributed by atoms with Gasteiger partial charge in [0, 0.05) is 25.7 Å². The molecule has 1 heterocycles. The summed E-state index contributed by atoms with van der Waals surface area (Å²) >= 11 is 0. The van der Waals surface area contributed by atoms with Crippen LogP contribution in [0, 0.1) is 5.92 Å². The predicted molar refractivity (Wildman–Crippen MR) is 85.7 cm³/mol. The van der Waals surface area contributed by atoms with Crippen molar-refractivity contribution in [3.05, 3.63) is 35.9 Å². The summed E-state index contributed by atoms with van der Waals surface area (Å²) in [6, 6.07) is 11.5. The molecule has 112 valence electrons. The number of likely N-dealkylation sites (N-methyl/N-ethyl adjacent to an activating group) is 1. The lowest BCUT2D eigenvalue weighted by molar-refractivity contribution is 0.0873. The van der Waals surface area contributed by atoms with Crippen molar-refractivity contribution >= 4 is 0 Å². The number of nitrogens with two attached hydrogens (primary N) is 1. The fourth-order valence-electron chi connectivity index (χ4n) is 2.98. The smallest absolute Gasteiger partial charge is 0.0475 e. The van der Waals surface area contributed by atoms with Gasteiger partial charge in [-0.05, 0) is 44.5 Å². The van der Waals surface area contributed by atoms with Gasteiger partial charge in [0.05, 0.1) is 0 Å². The fraction of sp³-hybridized carbons (Fsp3) is 0.647. The minimum atomic E-state index is 0.545. The summed E-state index contributed by atoms with van der Waals surface area (Å²) in [6.45, 7) is 7.74. The molecule has 1 saturated heterocycles. The minimum Gasteiger partial charge on any atom is -0.330 e. The standard InChI is InChI=1S/C17H29N3/c1-15(13-18)7-6-10-20-12-11-19(2)14-17(20)16-8-4-3-5-9-16/h3-5,8-9,15,17H,6-7,10-14,18H2,1-2H3. The molecule has 1 aliphatic heterocycles. The van der Waals surface area contributed by atoms with Crippen LogP contribution in [0.2, 0.25) is 0 Å². The number of benzene rings is 1. The zero-order valence-corrected chi connectivity index (χ0v) is 13.0. The molecule has 0 aliphatic carbocycles. The van der Waals surface area contributed by atoms with Crippen molar-refractivity contribution in [2.24, 2.45) is 11.7 Å². The lowest BCUT2D eigenvalue weighted by Gasteiger charge is -2.40. The van der Waals surface area contributed by atoms with E-state index in [4.69, 9.17) is 5.73 Å². The Bertz CT molecular complexity index is 379. The molecule has 2 N–H and O–H groups in total. The summed E-state index contributed by atoms with van der Waals surface area (Å²) in [5, 5.41) is 0. The van der Waals surface area contributed by atoms with Crippen molar-refractivity contribution in [1.29, 1.82) is 0 Å². The second-order valence-electron chi connectivity index (χ2n) is 6.21. The summed E-state index contributed by atoms with van der Waals surface area (Å²) in [6.07, 6.45) is 2.50. The van der Waals surface area contributed by atoms with Gasteiger partial charge in [0.1, 0.15) is 0 Å². The quantitative estimate of drug-likeness (QED) is 0.865. The fourth-order valence-corrected chi connectivity index (χ4v) is 2.98. The molecule has 20 heavy (non-hydrogen) atoms. The lowest BCUT2D eigenvalue weighted by Crippen LogP contribution is -2.47. The average Bonchev–Trinajstić information content (AvgIpc) is 2.49. The van der Waals surface area contributed by atoms with Gasteiger partial charge < -0.3 is 10.6 Å². The maximum Gasteiger partial charge on any atom is 0.0475 e. The molecule has 0 aromatic heterocycles. The molecule has 3 heteroatoms. The van der Waals surface area contributed by atoms with Crippen molar-refractivity contribution in [2.75, 3.05) is 39.8 Å². The Morgan fingerprint density at radius 2 is 2.00 bits per heavy atom. The molecule has 0 saturated carbocycles.